The van der Waals surface area contributed by atoms with E-state index < -0.39 is 56.8 Å². The molecule has 24 nitrogen and oxygen atoms in total. The van der Waals surface area contributed by atoms with Gasteiger partial charge in [0.2, 0.25) is 5.91 Å². The number of carbonyl (C=O) groups is 11. The zero-order chi connectivity index (χ0) is 53.5. The molecule has 0 radical (unpaired) electrons. The molecule has 2 aliphatic heterocycles. The third kappa shape index (κ3) is 44.1. The van der Waals surface area contributed by atoms with Gasteiger partial charge in [0.15, 0.2) is 11.6 Å². The number of Topliss-reactive ketones (excluding diaryl/α,β-unsaturated/α-hetero) is 2. The Balaban J connectivity index is -0.000000162. The number of ketones is 2. The van der Waals surface area contributed by atoms with Crippen LogP contribution >= 0.6 is 37.7 Å². The van der Waals surface area contributed by atoms with Crippen LogP contribution in [-0.2, 0) is 71.3 Å². The maximum atomic E-state index is 11.9. The second kappa shape index (κ2) is 50.4. The molecule has 0 unspecified atom stereocenters. The smallest absolute Gasteiger partial charge is 0.693 e. The van der Waals surface area contributed by atoms with Crippen molar-refractivity contribution in [3.05, 3.63) is 120 Å². The van der Waals surface area contributed by atoms with Crippen molar-refractivity contribution >= 4 is 108 Å². The monoisotopic (exact) mass is 1470 g/mol. The number of aliphatic imine (C=N–C) groups is 1. The van der Waals surface area contributed by atoms with Crippen molar-refractivity contribution in [2.45, 2.75) is 79.1 Å². The number of nitrogens with zero attached hydrogens (tertiary/aromatic N) is 3. The molecule has 30 heteroatoms. The van der Waals surface area contributed by atoms with Gasteiger partial charge in [0.25, 0.3) is 35.6 Å². The van der Waals surface area contributed by atoms with E-state index in [4.69, 9.17) is 73.5 Å². The van der Waals surface area contributed by atoms with Crippen LogP contribution in [0.5, 0.6) is 0 Å². The number of aliphatic carboxylic acids is 2. The molecule has 0 aromatic heterocycles. The maximum Gasteiger partial charge on any atom is -0.693 e. The number of halogens is 4. The second-order valence-electron chi connectivity index (χ2n) is 13.4. The number of imide groups is 2. The molecule has 5 amide bonds. The first kappa shape index (κ1) is 81.9. The zero-order valence-electron chi connectivity index (χ0n) is 39.9. The summed E-state index contributed by atoms with van der Waals surface area (Å²) in [5, 5.41) is 32.2. The fraction of sp³-hybridized carbons (Fsp3) is 0.349. The van der Waals surface area contributed by atoms with Gasteiger partial charge >= 0.3 is 82.6 Å². The minimum atomic E-state index is -0.985. The molecule has 2 aliphatic rings. The SMILES string of the molecule is CC(=NCC(=O)CCCCCN1C(=O)C=CC1=O)c1ccc(C(=O)O)cc1.CC(=O)O.CC(=O)O.CC(=O)c1ccc(C(=O)O)cc1.NNC(=O)CCCCCN1C(=O)C=CC1=O.[Cl][Pt+2][Cl].[Cl][Pt+2][Cl].[NH2-].[NH2-].[NH2-].[NH2-]. The van der Waals surface area contributed by atoms with Crippen molar-refractivity contribution in [3.8, 4) is 0 Å². The van der Waals surface area contributed by atoms with E-state index in [-0.39, 0.29) is 83.4 Å². The number of nitrogens with two attached hydrogens (primary N) is 5. The van der Waals surface area contributed by atoms with Crippen LogP contribution in [-0.4, -0.2) is 121 Å². The number of rotatable bonds is 18. The van der Waals surface area contributed by atoms with Crippen molar-refractivity contribution < 1.29 is 106 Å². The van der Waals surface area contributed by atoms with Gasteiger partial charge in [0.1, 0.15) is 0 Å². The Hall–Kier alpha value is -5.10. The Bertz CT molecular complexity index is 2030. The molecule has 2 aromatic rings. The summed E-state index contributed by atoms with van der Waals surface area (Å²) in [4.78, 5) is 124. The summed E-state index contributed by atoms with van der Waals surface area (Å²) >= 11 is -0.944. The van der Waals surface area contributed by atoms with Crippen molar-refractivity contribution in [1.82, 2.24) is 15.2 Å². The molecule has 0 atom stereocenters. The van der Waals surface area contributed by atoms with E-state index in [1.807, 2.05) is 5.43 Å². The molecular weight excluding hydrogens is 1410 g/mol. The summed E-state index contributed by atoms with van der Waals surface area (Å²) in [6.45, 7) is 6.26. The minimum absolute atomic E-state index is 0. The zero-order valence-corrected chi connectivity index (χ0v) is 47.4. The molecule has 2 heterocycles. The van der Waals surface area contributed by atoms with Gasteiger partial charge < -0.3 is 45.0 Å². The molecule has 0 aliphatic carbocycles. The van der Waals surface area contributed by atoms with Crippen molar-refractivity contribution in [1.29, 1.82) is 0 Å². The fourth-order valence-electron chi connectivity index (χ4n) is 4.95. The quantitative estimate of drug-likeness (QED) is 0.0154. The van der Waals surface area contributed by atoms with Gasteiger partial charge in [-0.1, -0.05) is 37.1 Å². The van der Waals surface area contributed by atoms with Gasteiger partial charge in [-0.05, 0) is 69.4 Å². The Morgan fingerprint density at radius 2 is 0.808 bits per heavy atom. The van der Waals surface area contributed by atoms with Crippen molar-refractivity contribution in [2.24, 2.45) is 10.8 Å². The second-order valence-corrected chi connectivity index (χ2v) is 20.0. The summed E-state index contributed by atoms with van der Waals surface area (Å²) in [6.07, 6.45) is 10.1. The van der Waals surface area contributed by atoms with E-state index in [1.54, 1.807) is 19.1 Å². The number of unbranched alkanes of at least 4 members (excludes halogenated alkanes) is 4. The molecule has 0 saturated heterocycles. The van der Waals surface area contributed by atoms with Gasteiger partial charge in [0, 0.05) is 75.4 Å². The number of carbonyl (C=O) groups excluding carboxylic acids is 7. The summed E-state index contributed by atoms with van der Waals surface area (Å²) in [6, 6.07) is 12.2. The topological polar surface area (TPSA) is 460 Å². The van der Waals surface area contributed by atoms with Crippen LogP contribution in [0.4, 0.5) is 0 Å². The Morgan fingerprint density at radius 3 is 1.10 bits per heavy atom. The number of hydrogen-bond donors (Lipinski definition) is 6. The minimum Gasteiger partial charge on any atom is -0.693 e. The van der Waals surface area contributed by atoms with E-state index in [0.29, 0.717) is 62.9 Å². The fourth-order valence-corrected chi connectivity index (χ4v) is 4.95. The van der Waals surface area contributed by atoms with Crippen LogP contribution in [0.15, 0.2) is 77.8 Å². The largest absolute Gasteiger partial charge is 0.693 e. The Labute approximate surface area is 455 Å². The van der Waals surface area contributed by atoms with E-state index in [9.17, 15) is 43.2 Å². The first-order valence-electron chi connectivity index (χ1n) is 19.7. The number of benzene rings is 2. The average molecular weight is 1480 g/mol. The Morgan fingerprint density at radius 1 is 0.521 bits per heavy atom. The number of hydrogen-bond acceptors (Lipinski definition) is 13. The average Bonchev–Trinajstić information content (AvgIpc) is 3.79. The predicted molar refractivity (Wildman–Crippen MR) is 271 cm³/mol. The molecule has 15 N–H and O–H groups in total. The molecule has 4 rings (SSSR count). The molecular formula is C43H61Cl4N9O15Pt2. The standard InChI is InChI=1S/C20H22N2O5.C10H15N3O3.C9H8O3.2C2H4O2.4ClH.4H2N.2Pt/c1-14(15-6-8-16(9-7-15)20(26)27)21-13-17(23)5-3-2-4-12-22-18(24)10-11-19(22)25;11-12-8(14)4-2-1-3-7-13-9(15)5-6-10(13)16;1-6(10)7-2-4-8(5-3-7)9(11)12;2*1-2(3)4;;;;;;;;;;/h6-11H,2-5,12-13H2,1H3,(H,26,27);5-6H,1-4,7,11H2,(H,12,14);2-5H,1H3,(H,11,12);2*1H3,(H,3,4);4*1H;4*1H2;;/q;;;;;;;;;4*-1;2*+4/p-4. The predicted octanol–water partition coefficient (Wildman–Crippen LogP) is 9.10. The van der Waals surface area contributed by atoms with E-state index in [0.717, 1.165) is 32.3 Å². The molecule has 0 spiro atoms. The Kier molecular flexibility index (Phi) is 56.6. The number of amides is 5. The molecule has 416 valence electrons. The van der Waals surface area contributed by atoms with Crippen LogP contribution in [0, 0.1) is 0 Å². The van der Waals surface area contributed by atoms with Gasteiger partial charge in [0.05, 0.1) is 17.7 Å². The van der Waals surface area contributed by atoms with Gasteiger partial charge in [-0.15, -0.1) is 0 Å². The molecule has 0 saturated carbocycles. The molecule has 2 aromatic carbocycles. The van der Waals surface area contributed by atoms with Crippen molar-refractivity contribution in [2.75, 3.05) is 19.6 Å². The number of carboxylic acid groups (broad SMARTS) is 4. The van der Waals surface area contributed by atoms with E-state index >= 15 is 0 Å². The summed E-state index contributed by atoms with van der Waals surface area (Å²) in [5.74, 6) is -0.0377. The van der Waals surface area contributed by atoms with Crippen LogP contribution in [0.25, 0.3) is 24.6 Å². The van der Waals surface area contributed by atoms with Gasteiger partial charge in [-0.2, -0.15) is 0 Å². The molecule has 0 bridgehead atoms. The third-order valence-electron chi connectivity index (χ3n) is 8.17. The summed E-state index contributed by atoms with van der Waals surface area (Å²) < 4.78 is 0. The van der Waals surface area contributed by atoms with Gasteiger partial charge in [-0.3, -0.25) is 63.4 Å². The summed E-state index contributed by atoms with van der Waals surface area (Å²) in [7, 11) is 19.5. The third-order valence-corrected chi connectivity index (χ3v) is 8.17. The maximum absolute atomic E-state index is 11.9. The first-order chi connectivity index (χ1) is 32.4. The number of nitrogens with one attached hydrogen (secondary N) is 1. The molecule has 0 fully saturated rings. The van der Waals surface area contributed by atoms with Crippen LogP contribution in [0.2, 0.25) is 0 Å². The first-order valence-corrected chi connectivity index (χ1v) is 31.0. The van der Waals surface area contributed by atoms with Crippen molar-refractivity contribution in [3.63, 3.8) is 0 Å². The normalized spacial score (nSPS) is 11.3. The number of hydrazine groups is 1. The van der Waals surface area contributed by atoms with Gasteiger partial charge in [-0.25, -0.2) is 15.4 Å². The van der Waals surface area contributed by atoms with E-state index in [1.165, 1.54) is 77.4 Å². The summed E-state index contributed by atoms with van der Waals surface area (Å²) in [5.41, 5.74) is 4.43. The number of carboxylic acids is 4. The van der Waals surface area contributed by atoms with Crippen LogP contribution in [0.3, 0.4) is 0 Å². The van der Waals surface area contributed by atoms with Crippen LogP contribution in [0.1, 0.15) is 116 Å². The van der Waals surface area contributed by atoms with Crippen LogP contribution < -0.4 is 11.3 Å². The van der Waals surface area contributed by atoms with E-state index in [2.05, 4.69) is 4.99 Å². The molecule has 73 heavy (non-hydrogen) atoms. The number of aromatic carboxylic acids is 2.